The quantitative estimate of drug-likeness (QED) is 0.852. The van der Waals surface area contributed by atoms with Crippen molar-refractivity contribution in [3.63, 3.8) is 0 Å². The van der Waals surface area contributed by atoms with Crippen LogP contribution >= 0.6 is 0 Å². The van der Waals surface area contributed by atoms with Crippen LogP contribution in [0.25, 0.3) is 5.69 Å². The monoisotopic (exact) mass is 245 g/mol. The van der Waals surface area contributed by atoms with E-state index in [0.29, 0.717) is 11.9 Å². The average Bonchev–Trinajstić information content (AvgIpc) is 2.57. The van der Waals surface area contributed by atoms with E-state index in [0.717, 1.165) is 11.3 Å². The Balaban J connectivity index is 2.39. The van der Waals surface area contributed by atoms with Gasteiger partial charge in [-0.2, -0.15) is 9.67 Å². The highest BCUT2D eigenvalue weighted by atomic mass is 15.4. The number of hydrogen-bond donors (Lipinski definition) is 2. The lowest BCUT2D eigenvalue weighted by Gasteiger charge is -2.18. The zero-order valence-corrected chi connectivity index (χ0v) is 11.2. The molecular formula is C13H19N5. The number of rotatable bonds is 2. The number of para-hydroxylation sites is 1. The second-order valence-corrected chi connectivity index (χ2v) is 5.37. The molecule has 0 fully saturated rings. The Morgan fingerprint density at radius 1 is 1.22 bits per heavy atom. The summed E-state index contributed by atoms with van der Waals surface area (Å²) in [7, 11) is 0. The number of nitrogens with zero attached hydrogens (tertiary/aromatic N) is 3. The molecule has 0 spiro atoms. The summed E-state index contributed by atoms with van der Waals surface area (Å²) in [5, 5.41) is 7.60. The molecule has 5 heteroatoms. The van der Waals surface area contributed by atoms with E-state index >= 15 is 0 Å². The molecule has 0 amide bonds. The summed E-state index contributed by atoms with van der Waals surface area (Å²) in [5.41, 5.74) is 7.87. The van der Waals surface area contributed by atoms with Gasteiger partial charge in [-0.15, -0.1) is 5.10 Å². The summed E-state index contributed by atoms with van der Waals surface area (Å²) in [4.78, 5) is 4.23. The highest BCUT2D eigenvalue weighted by Gasteiger charge is 2.15. The maximum atomic E-state index is 5.91. The van der Waals surface area contributed by atoms with Crippen molar-refractivity contribution in [3.8, 4) is 5.69 Å². The molecule has 0 unspecified atom stereocenters. The Morgan fingerprint density at radius 2 is 1.89 bits per heavy atom. The maximum Gasteiger partial charge on any atom is 0.244 e. The standard InChI is InChI=1S/C13H19N5/c1-9-7-5-6-8-10(9)18-11(14)15-12(17-18)16-13(2,3)4/h5-8H,1-4H3,(H3,14,15,16,17). The second kappa shape index (κ2) is 4.33. The molecule has 0 radical (unpaired) electrons. The average molecular weight is 245 g/mol. The first-order chi connectivity index (χ1) is 8.37. The molecule has 1 aromatic carbocycles. The third-order valence-electron chi connectivity index (χ3n) is 2.46. The fourth-order valence-electron chi connectivity index (χ4n) is 1.69. The van der Waals surface area contributed by atoms with Crippen molar-refractivity contribution in [2.24, 2.45) is 0 Å². The normalized spacial score (nSPS) is 11.6. The molecule has 0 bridgehead atoms. The van der Waals surface area contributed by atoms with Crippen LogP contribution in [0, 0.1) is 6.92 Å². The van der Waals surface area contributed by atoms with Crippen LogP contribution in [0.1, 0.15) is 26.3 Å². The van der Waals surface area contributed by atoms with Crippen molar-refractivity contribution in [2.75, 3.05) is 11.1 Å². The van der Waals surface area contributed by atoms with Gasteiger partial charge in [-0.1, -0.05) is 18.2 Å². The van der Waals surface area contributed by atoms with E-state index in [4.69, 9.17) is 5.73 Å². The molecule has 2 rings (SSSR count). The number of aromatic nitrogens is 3. The van der Waals surface area contributed by atoms with Gasteiger partial charge in [0.05, 0.1) is 5.69 Å². The number of nitrogen functional groups attached to an aromatic ring is 1. The zero-order valence-electron chi connectivity index (χ0n) is 11.2. The third kappa shape index (κ3) is 2.61. The first kappa shape index (κ1) is 12.4. The molecule has 1 heterocycles. The van der Waals surface area contributed by atoms with E-state index in [1.54, 1.807) is 4.68 Å². The lowest BCUT2D eigenvalue weighted by molar-refractivity contribution is 0.625. The van der Waals surface area contributed by atoms with Crippen LogP contribution < -0.4 is 11.1 Å². The Labute approximate surface area is 107 Å². The summed E-state index contributed by atoms with van der Waals surface area (Å²) in [5.74, 6) is 0.930. The molecule has 0 aliphatic carbocycles. The molecular weight excluding hydrogens is 226 g/mol. The summed E-state index contributed by atoms with van der Waals surface area (Å²) in [6.45, 7) is 8.18. The predicted octanol–water partition coefficient (Wildman–Crippen LogP) is 2.37. The van der Waals surface area contributed by atoms with Crippen LogP contribution in [0.2, 0.25) is 0 Å². The van der Waals surface area contributed by atoms with Crippen molar-refractivity contribution >= 4 is 11.9 Å². The fourth-order valence-corrected chi connectivity index (χ4v) is 1.69. The minimum atomic E-state index is -0.0929. The first-order valence-corrected chi connectivity index (χ1v) is 5.93. The highest BCUT2D eigenvalue weighted by Crippen LogP contribution is 2.18. The smallest absolute Gasteiger partial charge is 0.244 e. The minimum Gasteiger partial charge on any atom is -0.368 e. The van der Waals surface area contributed by atoms with Crippen LogP contribution in [0.4, 0.5) is 11.9 Å². The molecule has 0 atom stereocenters. The van der Waals surface area contributed by atoms with E-state index in [2.05, 4.69) is 36.2 Å². The number of nitrogens with one attached hydrogen (secondary N) is 1. The number of hydrogen-bond acceptors (Lipinski definition) is 4. The molecule has 0 aliphatic heterocycles. The Morgan fingerprint density at radius 3 is 2.50 bits per heavy atom. The summed E-state index contributed by atoms with van der Waals surface area (Å²) < 4.78 is 1.66. The van der Waals surface area contributed by atoms with Crippen molar-refractivity contribution in [1.29, 1.82) is 0 Å². The lowest BCUT2D eigenvalue weighted by Crippen LogP contribution is -2.26. The number of benzene rings is 1. The van der Waals surface area contributed by atoms with Gasteiger partial charge in [-0.3, -0.25) is 0 Å². The molecule has 96 valence electrons. The van der Waals surface area contributed by atoms with Gasteiger partial charge in [0, 0.05) is 5.54 Å². The van der Waals surface area contributed by atoms with Gasteiger partial charge < -0.3 is 11.1 Å². The molecule has 3 N–H and O–H groups in total. The summed E-state index contributed by atoms with van der Waals surface area (Å²) in [6.07, 6.45) is 0. The van der Waals surface area contributed by atoms with E-state index in [-0.39, 0.29) is 5.54 Å². The molecule has 1 aromatic heterocycles. The number of nitrogens with two attached hydrogens (primary N) is 1. The van der Waals surface area contributed by atoms with Crippen LogP contribution in [0.5, 0.6) is 0 Å². The summed E-state index contributed by atoms with van der Waals surface area (Å²) >= 11 is 0. The molecule has 2 aromatic rings. The van der Waals surface area contributed by atoms with Gasteiger partial charge >= 0.3 is 0 Å². The van der Waals surface area contributed by atoms with E-state index in [1.165, 1.54) is 0 Å². The van der Waals surface area contributed by atoms with Gasteiger partial charge in [0.15, 0.2) is 0 Å². The van der Waals surface area contributed by atoms with Gasteiger partial charge in [0.2, 0.25) is 11.9 Å². The lowest BCUT2D eigenvalue weighted by atomic mass is 10.1. The van der Waals surface area contributed by atoms with Crippen LogP contribution in [-0.2, 0) is 0 Å². The van der Waals surface area contributed by atoms with Crippen molar-refractivity contribution in [3.05, 3.63) is 29.8 Å². The Bertz CT molecular complexity index is 551. The molecule has 0 aliphatic rings. The second-order valence-electron chi connectivity index (χ2n) is 5.37. The molecule has 0 saturated carbocycles. The molecule has 5 nitrogen and oxygen atoms in total. The minimum absolute atomic E-state index is 0.0929. The Kier molecular flexibility index (Phi) is 2.98. The molecule has 18 heavy (non-hydrogen) atoms. The maximum absolute atomic E-state index is 5.91. The number of aryl methyl sites for hydroxylation is 1. The van der Waals surface area contributed by atoms with Crippen molar-refractivity contribution < 1.29 is 0 Å². The first-order valence-electron chi connectivity index (χ1n) is 5.93. The van der Waals surface area contributed by atoms with E-state index in [9.17, 15) is 0 Å². The van der Waals surface area contributed by atoms with Crippen molar-refractivity contribution in [1.82, 2.24) is 14.8 Å². The van der Waals surface area contributed by atoms with Crippen LogP contribution in [-0.4, -0.2) is 20.3 Å². The SMILES string of the molecule is Cc1ccccc1-n1nc(NC(C)(C)C)nc1N. The van der Waals surface area contributed by atoms with Gasteiger partial charge in [-0.05, 0) is 39.3 Å². The zero-order chi connectivity index (χ0) is 13.3. The topological polar surface area (TPSA) is 68.8 Å². The van der Waals surface area contributed by atoms with Gasteiger partial charge in [-0.25, -0.2) is 0 Å². The predicted molar refractivity (Wildman–Crippen MR) is 73.9 cm³/mol. The van der Waals surface area contributed by atoms with Gasteiger partial charge in [0.1, 0.15) is 0 Å². The molecule has 0 saturated heterocycles. The van der Waals surface area contributed by atoms with Crippen LogP contribution in [0.15, 0.2) is 24.3 Å². The largest absolute Gasteiger partial charge is 0.368 e. The third-order valence-corrected chi connectivity index (χ3v) is 2.46. The van der Waals surface area contributed by atoms with E-state index in [1.807, 2.05) is 31.2 Å². The highest BCUT2D eigenvalue weighted by molar-refractivity contribution is 5.46. The summed E-state index contributed by atoms with van der Waals surface area (Å²) in [6, 6.07) is 7.94. The van der Waals surface area contributed by atoms with Crippen molar-refractivity contribution in [2.45, 2.75) is 33.2 Å². The fraction of sp³-hybridized carbons (Fsp3) is 0.385. The van der Waals surface area contributed by atoms with Crippen LogP contribution in [0.3, 0.4) is 0 Å². The Hall–Kier alpha value is -2.04. The van der Waals surface area contributed by atoms with Gasteiger partial charge in [0.25, 0.3) is 0 Å². The van der Waals surface area contributed by atoms with E-state index < -0.39 is 0 Å². The number of anilines is 2.